The number of aliphatic imine (C=N–C) groups is 1. The molecule has 35 heavy (non-hydrogen) atoms. The number of rotatable bonds is 7. The number of hydrogen-bond donors (Lipinski definition) is 2. The average Bonchev–Trinajstić information content (AvgIpc) is 3.57. The first-order valence-electron chi connectivity index (χ1n) is 11.1. The molecule has 2 aromatic rings. The first-order valence-corrected chi connectivity index (χ1v) is 11.9. The van der Waals surface area contributed by atoms with Crippen LogP contribution in [0.5, 0.6) is 0 Å². The topological polar surface area (TPSA) is 121 Å². The number of carbonyl (C=O) groups excluding carboxylic acids is 2. The van der Waals surface area contributed by atoms with E-state index >= 15 is 4.39 Å². The smallest absolute Gasteiger partial charge is 0.237 e. The summed E-state index contributed by atoms with van der Waals surface area (Å²) in [5.74, 6) is -1.51. The molecule has 3 N–H and O–H groups in total. The summed E-state index contributed by atoms with van der Waals surface area (Å²) in [5, 5.41) is 11.8. The number of amidine groups is 1. The highest BCUT2D eigenvalue weighted by atomic mass is 32.2. The minimum atomic E-state index is -1.14. The van der Waals surface area contributed by atoms with Crippen molar-refractivity contribution in [1.82, 2.24) is 10.3 Å². The molecule has 7 nitrogen and oxygen atoms in total. The van der Waals surface area contributed by atoms with Gasteiger partial charge in [0.1, 0.15) is 29.0 Å². The molecule has 4 rings (SSSR count). The van der Waals surface area contributed by atoms with Gasteiger partial charge in [0.15, 0.2) is 11.0 Å². The highest BCUT2D eigenvalue weighted by molar-refractivity contribution is 8.15. The minimum absolute atomic E-state index is 0.0306. The summed E-state index contributed by atoms with van der Waals surface area (Å²) in [4.78, 5) is 34.4. The van der Waals surface area contributed by atoms with E-state index < -0.39 is 28.3 Å². The van der Waals surface area contributed by atoms with Crippen LogP contribution in [0.15, 0.2) is 41.5 Å². The zero-order valence-corrected chi connectivity index (χ0v) is 20.4. The first kappa shape index (κ1) is 24.8. The maximum Gasteiger partial charge on any atom is 0.237 e. The van der Waals surface area contributed by atoms with Gasteiger partial charge in [-0.2, -0.15) is 5.26 Å². The number of fused-ring (bicyclic) bond motifs is 1. The SMILES string of the molecule is CC(C)(CF)NC(=O)[C@]12C[C@H]1[C@@](C)(c1cc(CC(=O)c3ccc(C#N)cn3)ccc1F)N=C(N)S2. The van der Waals surface area contributed by atoms with Crippen molar-refractivity contribution in [3.63, 3.8) is 0 Å². The van der Waals surface area contributed by atoms with Gasteiger partial charge in [-0.05, 0) is 57.0 Å². The first-order chi connectivity index (χ1) is 16.4. The Kier molecular flexibility index (Phi) is 6.18. The van der Waals surface area contributed by atoms with Crippen LogP contribution in [0.2, 0.25) is 0 Å². The van der Waals surface area contributed by atoms with Gasteiger partial charge in [-0.1, -0.05) is 17.8 Å². The van der Waals surface area contributed by atoms with Gasteiger partial charge in [0.25, 0.3) is 0 Å². The number of ketones is 1. The van der Waals surface area contributed by atoms with E-state index in [1.54, 1.807) is 26.8 Å². The molecule has 0 unspecified atom stereocenters. The van der Waals surface area contributed by atoms with Crippen LogP contribution in [0, 0.1) is 23.1 Å². The molecule has 182 valence electrons. The van der Waals surface area contributed by atoms with Crippen LogP contribution in [0.4, 0.5) is 8.78 Å². The van der Waals surface area contributed by atoms with E-state index in [1.165, 1.54) is 30.5 Å². The number of carbonyl (C=O) groups is 2. The predicted molar refractivity (Wildman–Crippen MR) is 129 cm³/mol. The van der Waals surface area contributed by atoms with Crippen LogP contribution in [0.25, 0.3) is 0 Å². The number of aromatic nitrogens is 1. The lowest BCUT2D eigenvalue weighted by Gasteiger charge is -2.35. The molecule has 0 spiro atoms. The molecule has 0 bridgehead atoms. The van der Waals surface area contributed by atoms with Crippen LogP contribution in [-0.2, 0) is 16.8 Å². The van der Waals surface area contributed by atoms with Crippen molar-refractivity contribution in [3.05, 3.63) is 64.7 Å². The zero-order chi connectivity index (χ0) is 25.6. The lowest BCUT2D eigenvalue weighted by molar-refractivity contribution is -0.123. The van der Waals surface area contributed by atoms with E-state index in [1.807, 2.05) is 6.07 Å². The number of nitrogens with one attached hydrogen (secondary N) is 1. The van der Waals surface area contributed by atoms with Gasteiger partial charge in [-0.25, -0.2) is 8.78 Å². The molecule has 1 amide bonds. The Labute approximate surface area is 206 Å². The molecule has 0 saturated heterocycles. The van der Waals surface area contributed by atoms with Crippen LogP contribution < -0.4 is 11.1 Å². The largest absolute Gasteiger partial charge is 0.378 e. The van der Waals surface area contributed by atoms with Crippen LogP contribution in [0.3, 0.4) is 0 Å². The van der Waals surface area contributed by atoms with E-state index in [0.29, 0.717) is 17.5 Å². The van der Waals surface area contributed by atoms with E-state index in [-0.39, 0.29) is 40.5 Å². The summed E-state index contributed by atoms with van der Waals surface area (Å²) >= 11 is 1.13. The number of hydrogen-bond acceptors (Lipinski definition) is 7. The number of pyridine rings is 1. The number of nitriles is 1. The van der Waals surface area contributed by atoms with Gasteiger partial charge in [0.2, 0.25) is 5.91 Å². The number of thioether (sulfide) groups is 1. The lowest BCUT2D eigenvalue weighted by Crippen LogP contribution is -2.52. The van der Waals surface area contributed by atoms with Crippen molar-refractivity contribution in [3.8, 4) is 6.07 Å². The molecule has 1 saturated carbocycles. The highest BCUT2D eigenvalue weighted by Crippen LogP contribution is 2.66. The number of alkyl halides is 1. The number of nitrogens with two attached hydrogens (primary N) is 1. The predicted octanol–water partition coefficient (Wildman–Crippen LogP) is 3.42. The molecule has 2 heterocycles. The second-order valence-corrected chi connectivity index (χ2v) is 11.1. The highest BCUT2D eigenvalue weighted by Gasteiger charge is 2.71. The molecule has 1 aliphatic heterocycles. The summed E-state index contributed by atoms with van der Waals surface area (Å²) in [6.07, 6.45) is 1.70. The molecule has 2 aliphatic rings. The Morgan fingerprint density at radius 1 is 1.34 bits per heavy atom. The number of halogens is 2. The van der Waals surface area contributed by atoms with E-state index in [4.69, 9.17) is 11.0 Å². The van der Waals surface area contributed by atoms with E-state index in [0.717, 1.165) is 11.8 Å². The quantitative estimate of drug-likeness (QED) is 0.566. The van der Waals surface area contributed by atoms with Gasteiger partial charge in [-0.15, -0.1) is 0 Å². The van der Waals surface area contributed by atoms with Crippen molar-refractivity contribution < 1.29 is 18.4 Å². The van der Waals surface area contributed by atoms with Gasteiger partial charge in [0, 0.05) is 24.1 Å². The van der Waals surface area contributed by atoms with Gasteiger partial charge in [0.05, 0.1) is 16.6 Å². The Morgan fingerprint density at radius 3 is 2.71 bits per heavy atom. The summed E-state index contributed by atoms with van der Waals surface area (Å²) < 4.78 is 27.5. The van der Waals surface area contributed by atoms with Crippen LogP contribution in [-0.4, -0.2) is 38.8 Å². The third kappa shape index (κ3) is 4.52. The molecular weight excluding hydrogens is 472 g/mol. The summed E-state index contributed by atoms with van der Waals surface area (Å²) in [6, 6.07) is 9.31. The summed E-state index contributed by atoms with van der Waals surface area (Å²) in [6.45, 7) is 4.17. The Balaban J connectivity index is 1.62. The maximum atomic E-state index is 15.1. The average molecular weight is 498 g/mol. The van der Waals surface area contributed by atoms with Gasteiger partial charge < -0.3 is 11.1 Å². The third-order valence-electron chi connectivity index (χ3n) is 6.51. The van der Waals surface area contributed by atoms with Gasteiger partial charge in [-0.3, -0.25) is 19.6 Å². The summed E-state index contributed by atoms with van der Waals surface area (Å²) in [7, 11) is 0. The Morgan fingerprint density at radius 2 is 2.09 bits per heavy atom. The number of benzene rings is 1. The second-order valence-electron chi connectivity index (χ2n) is 9.78. The van der Waals surface area contributed by atoms with Crippen LogP contribution >= 0.6 is 11.8 Å². The van der Waals surface area contributed by atoms with E-state index in [9.17, 15) is 14.0 Å². The Bertz CT molecular complexity index is 1270. The molecule has 0 radical (unpaired) electrons. The minimum Gasteiger partial charge on any atom is -0.378 e. The molecule has 1 aromatic carbocycles. The number of Topliss-reactive ketones (excluding diaryl/α,β-unsaturated/α-hetero) is 1. The van der Waals surface area contributed by atoms with Crippen molar-refractivity contribution in [1.29, 1.82) is 5.26 Å². The van der Waals surface area contributed by atoms with Crippen molar-refractivity contribution in [2.45, 2.75) is 49.4 Å². The van der Waals surface area contributed by atoms with Crippen molar-refractivity contribution in [2.24, 2.45) is 16.6 Å². The van der Waals surface area contributed by atoms with Crippen molar-refractivity contribution in [2.75, 3.05) is 6.67 Å². The fourth-order valence-corrected chi connectivity index (χ4v) is 5.86. The normalized spacial score (nSPS) is 25.1. The maximum absolute atomic E-state index is 15.1. The fraction of sp³-hybridized carbons (Fsp3) is 0.400. The fourth-order valence-electron chi connectivity index (χ4n) is 4.49. The lowest BCUT2D eigenvalue weighted by atomic mass is 9.84. The molecule has 1 aromatic heterocycles. The number of nitrogens with zero attached hydrogens (tertiary/aromatic N) is 3. The van der Waals surface area contributed by atoms with Crippen molar-refractivity contribution >= 4 is 28.6 Å². The zero-order valence-electron chi connectivity index (χ0n) is 19.6. The van der Waals surface area contributed by atoms with Gasteiger partial charge >= 0.3 is 0 Å². The standard InChI is InChI=1S/C25H25F2N5O2S/c1-23(2,13-26)31-21(34)25-10-20(25)24(3,32-22(29)35-25)16-8-14(4-6-17(16)27)9-19(33)18-7-5-15(11-28)12-30-18/h4-8,12,20H,9-10,13H2,1-3H3,(H2,29,32)(H,31,34)/t20-,24+,25-/m0/s1. The van der Waals surface area contributed by atoms with Crippen LogP contribution in [0.1, 0.15) is 54.4 Å². The second kappa shape index (κ2) is 8.72. The molecule has 1 fully saturated rings. The third-order valence-corrected chi connectivity index (χ3v) is 7.81. The molecule has 3 atom stereocenters. The Hall–Kier alpha value is -3.32. The number of amides is 1. The molecular formula is C25H25F2N5O2S. The summed E-state index contributed by atoms with van der Waals surface area (Å²) in [5.41, 5.74) is 5.27. The monoisotopic (exact) mass is 497 g/mol. The molecule has 10 heteroatoms. The van der Waals surface area contributed by atoms with E-state index in [2.05, 4.69) is 15.3 Å². The molecule has 1 aliphatic carbocycles.